The Labute approximate surface area is 226 Å². The lowest BCUT2D eigenvalue weighted by atomic mass is 10.1. The van der Waals surface area contributed by atoms with Crippen molar-refractivity contribution in [1.29, 1.82) is 0 Å². The maximum atomic E-state index is 13.2. The molecule has 4 rings (SSSR count). The first-order valence-corrected chi connectivity index (χ1v) is 12.4. The summed E-state index contributed by atoms with van der Waals surface area (Å²) in [4.78, 5) is 32.6. The number of rotatable bonds is 9. The Morgan fingerprint density at radius 1 is 0.974 bits per heavy atom. The molecule has 0 unspecified atom stereocenters. The summed E-state index contributed by atoms with van der Waals surface area (Å²) in [6.45, 7) is 3.57. The van der Waals surface area contributed by atoms with Gasteiger partial charge in [0.15, 0.2) is 11.5 Å². The van der Waals surface area contributed by atoms with Crippen molar-refractivity contribution < 1.29 is 19.1 Å². The predicted octanol–water partition coefficient (Wildman–Crippen LogP) is 5.70. The molecule has 0 spiro atoms. The summed E-state index contributed by atoms with van der Waals surface area (Å²) in [5.41, 5.74) is 2.73. The van der Waals surface area contributed by atoms with Gasteiger partial charge in [0.1, 0.15) is 6.54 Å². The highest BCUT2D eigenvalue weighted by atomic mass is 35.5. The number of ether oxygens (including phenoxy) is 2. The summed E-state index contributed by atoms with van der Waals surface area (Å²) in [5.74, 6) is 0.784. The number of methoxy groups -OCH3 is 2. The molecule has 38 heavy (non-hydrogen) atoms. The minimum absolute atomic E-state index is 0.154. The zero-order chi connectivity index (χ0) is 27.2. The lowest BCUT2D eigenvalue weighted by Gasteiger charge is -2.26. The number of nitrogens with one attached hydrogen (secondary N) is 1. The summed E-state index contributed by atoms with van der Waals surface area (Å²) < 4.78 is 12.6. The number of benzene rings is 3. The second-order valence-electron chi connectivity index (χ2n) is 8.81. The maximum absolute atomic E-state index is 13.2. The zero-order valence-corrected chi connectivity index (χ0v) is 22.4. The van der Waals surface area contributed by atoms with Gasteiger partial charge in [0.05, 0.1) is 25.6 Å². The molecule has 0 atom stereocenters. The van der Waals surface area contributed by atoms with E-state index in [-0.39, 0.29) is 24.4 Å². The molecule has 196 valence electrons. The van der Waals surface area contributed by atoms with Crippen molar-refractivity contribution in [1.82, 2.24) is 14.5 Å². The molecule has 0 saturated heterocycles. The van der Waals surface area contributed by atoms with Crippen molar-refractivity contribution in [2.45, 2.75) is 19.9 Å². The fraction of sp³-hybridized carbons (Fsp3) is 0.207. The van der Waals surface area contributed by atoms with E-state index in [4.69, 9.17) is 26.1 Å². The average molecular weight is 533 g/mol. The summed E-state index contributed by atoms with van der Waals surface area (Å²) in [6.07, 6.45) is 1.84. The van der Waals surface area contributed by atoms with Crippen LogP contribution in [0.5, 0.6) is 11.5 Å². The highest BCUT2D eigenvalue weighted by Gasteiger charge is 2.23. The summed E-state index contributed by atoms with van der Waals surface area (Å²) in [5, 5.41) is 3.43. The van der Waals surface area contributed by atoms with Crippen LogP contribution in [0.3, 0.4) is 0 Å². The van der Waals surface area contributed by atoms with Gasteiger partial charge in [-0.3, -0.25) is 19.5 Å². The summed E-state index contributed by atoms with van der Waals surface area (Å²) in [7, 11) is 3.13. The van der Waals surface area contributed by atoms with E-state index in [1.807, 2.05) is 56.4 Å². The Kier molecular flexibility index (Phi) is 8.33. The average Bonchev–Trinajstić information content (AvgIpc) is 3.35. The second-order valence-corrected chi connectivity index (χ2v) is 9.24. The number of carbonyl (C=O) groups is 2. The minimum atomic E-state index is -0.382. The largest absolute Gasteiger partial charge is 0.493 e. The Bertz CT molecular complexity index is 1420. The van der Waals surface area contributed by atoms with E-state index in [1.54, 1.807) is 55.2 Å². The first kappa shape index (κ1) is 26.8. The predicted molar refractivity (Wildman–Crippen MR) is 148 cm³/mol. The summed E-state index contributed by atoms with van der Waals surface area (Å²) >= 11 is 5.97. The smallest absolute Gasteiger partial charge is 0.254 e. The second kappa shape index (κ2) is 11.8. The molecule has 0 bridgehead atoms. The summed E-state index contributed by atoms with van der Waals surface area (Å²) in [6, 6.07) is 21.5. The molecule has 0 fully saturated rings. The number of nitrogens with zero attached hydrogens (tertiary/aromatic N) is 3. The first-order chi connectivity index (χ1) is 18.3. The van der Waals surface area contributed by atoms with Crippen molar-refractivity contribution in [3.8, 4) is 28.4 Å². The van der Waals surface area contributed by atoms with Crippen molar-refractivity contribution in [3.05, 3.63) is 89.6 Å². The zero-order valence-electron chi connectivity index (χ0n) is 21.6. The number of anilines is 1. The highest BCUT2D eigenvalue weighted by Crippen LogP contribution is 2.31. The van der Waals surface area contributed by atoms with Crippen molar-refractivity contribution in [3.63, 3.8) is 0 Å². The fourth-order valence-electron chi connectivity index (χ4n) is 3.95. The van der Waals surface area contributed by atoms with Crippen LogP contribution in [0, 0.1) is 0 Å². The van der Waals surface area contributed by atoms with Crippen LogP contribution in [0.4, 0.5) is 5.95 Å². The third-order valence-electron chi connectivity index (χ3n) is 5.96. The molecule has 2 amide bonds. The molecule has 0 aliphatic rings. The molecule has 9 heteroatoms. The maximum Gasteiger partial charge on any atom is 0.254 e. The monoisotopic (exact) mass is 532 g/mol. The Morgan fingerprint density at radius 3 is 2.29 bits per heavy atom. The number of aromatic nitrogens is 2. The molecule has 4 aromatic rings. The van der Waals surface area contributed by atoms with Crippen LogP contribution in [0.1, 0.15) is 24.2 Å². The number of hydrogen-bond donors (Lipinski definition) is 1. The molecule has 1 heterocycles. The van der Waals surface area contributed by atoms with E-state index >= 15 is 0 Å². The van der Waals surface area contributed by atoms with Gasteiger partial charge in [-0.1, -0.05) is 41.9 Å². The van der Waals surface area contributed by atoms with Gasteiger partial charge >= 0.3 is 0 Å². The normalized spacial score (nSPS) is 10.8. The third kappa shape index (κ3) is 5.98. The SMILES string of the molecule is COc1ccc(-n2cc(-c3ccccc3)nc2NC(=O)CN(C(=O)c2ccc(Cl)cc2)C(C)C)cc1OC. The fourth-order valence-corrected chi connectivity index (χ4v) is 4.08. The van der Waals surface area contributed by atoms with Gasteiger partial charge in [0.2, 0.25) is 11.9 Å². The van der Waals surface area contributed by atoms with Gasteiger partial charge in [-0.05, 0) is 50.2 Å². The molecular weight excluding hydrogens is 504 g/mol. The van der Waals surface area contributed by atoms with E-state index in [9.17, 15) is 9.59 Å². The standard InChI is InChI=1S/C29H29ClN4O4/c1-19(2)33(28(36)21-10-12-22(30)13-11-21)18-27(35)32-29-31-24(20-8-6-5-7-9-20)17-34(29)23-14-15-25(37-3)26(16-23)38-4/h5-17,19H,18H2,1-4H3,(H,31,32,35). The van der Waals surface area contributed by atoms with Crippen LogP contribution in [0.25, 0.3) is 16.9 Å². The molecule has 0 radical (unpaired) electrons. The van der Waals surface area contributed by atoms with Crippen molar-refractivity contribution >= 4 is 29.4 Å². The molecule has 0 saturated carbocycles. The van der Waals surface area contributed by atoms with Gasteiger partial charge < -0.3 is 14.4 Å². The van der Waals surface area contributed by atoms with E-state index in [2.05, 4.69) is 5.32 Å². The van der Waals surface area contributed by atoms with Gasteiger partial charge in [-0.15, -0.1) is 0 Å². The van der Waals surface area contributed by atoms with Crippen molar-refractivity contribution in [2.24, 2.45) is 0 Å². The number of halogens is 1. The Morgan fingerprint density at radius 2 is 1.66 bits per heavy atom. The van der Waals surface area contributed by atoms with Crippen LogP contribution in [-0.4, -0.2) is 53.1 Å². The Hall–Kier alpha value is -4.30. The van der Waals surface area contributed by atoms with Crippen molar-refractivity contribution in [2.75, 3.05) is 26.1 Å². The lowest BCUT2D eigenvalue weighted by Crippen LogP contribution is -2.42. The Balaban J connectivity index is 1.65. The van der Waals surface area contributed by atoms with E-state index in [0.717, 1.165) is 5.56 Å². The van der Waals surface area contributed by atoms with E-state index in [0.29, 0.717) is 39.4 Å². The highest BCUT2D eigenvalue weighted by molar-refractivity contribution is 6.30. The molecule has 0 aliphatic carbocycles. The molecule has 0 aliphatic heterocycles. The topological polar surface area (TPSA) is 85.7 Å². The lowest BCUT2D eigenvalue weighted by molar-refractivity contribution is -0.117. The number of carbonyl (C=O) groups excluding carboxylic acids is 2. The first-order valence-electron chi connectivity index (χ1n) is 12.0. The molecule has 3 aromatic carbocycles. The van der Waals surface area contributed by atoms with Crippen LogP contribution in [0.2, 0.25) is 5.02 Å². The van der Waals surface area contributed by atoms with E-state index in [1.165, 1.54) is 4.90 Å². The van der Waals surface area contributed by atoms with Gasteiger partial charge in [0.25, 0.3) is 5.91 Å². The minimum Gasteiger partial charge on any atom is -0.493 e. The van der Waals surface area contributed by atoms with Crippen LogP contribution in [-0.2, 0) is 4.79 Å². The molecular formula is C29H29ClN4O4. The molecule has 1 aromatic heterocycles. The van der Waals surface area contributed by atoms with Crippen LogP contribution >= 0.6 is 11.6 Å². The van der Waals surface area contributed by atoms with Gasteiger partial charge in [-0.25, -0.2) is 4.98 Å². The third-order valence-corrected chi connectivity index (χ3v) is 6.21. The molecule has 8 nitrogen and oxygen atoms in total. The molecule has 1 N–H and O–H groups in total. The van der Waals surface area contributed by atoms with E-state index < -0.39 is 0 Å². The van der Waals surface area contributed by atoms with Crippen LogP contribution in [0.15, 0.2) is 79.0 Å². The quantitative estimate of drug-likeness (QED) is 0.299. The number of hydrogen-bond acceptors (Lipinski definition) is 5. The number of imidazole rings is 1. The number of amides is 2. The van der Waals surface area contributed by atoms with Crippen LogP contribution < -0.4 is 14.8 Å². The van der Waals surface area contributed by atoms with Gasteiger partial charge in [-0.2, -0.15) is 0 Å². The van der Waals surface area contributed by atoms with Gasteiger partial charge in [0, 0.05) is 34.5 Å².